The van der Waals surface area contributed by atoms with Crippen molar-refractivity contribution >= 4 is 11.9 Å². The number of carbonyl (C=O) groups excluding carboxylic acids is 1. The van der Waals surface area contributed by atoms with E-state index in [9.17, 15) is 14.7 Å². The van der Waals surface area contributed by atoms with Gasteiger partial charge in [-0.25, -0.2) is 4.98 Å². The number of benzene rings is 2. The number of oxazole rings is 1. The SMILES string of the molecule is COC(=O)C(C(=O)O)C1CCc2cc(OCCc3nc(-c4ccccc4)oc3C)ccc21. The number of aromatic nitrogens is 1. The highest BCUT2D eigenvalue weighted by molar-refractivity contribution is 5.95. The first-order valence-corrected chi connectivity index (χ1v) is 10.6. The molecule has 0 amide bonds. The van der Waals surface area contributed by atoms with Crippen molar-refractivity contribution in [2.24, 2.45) is 5.92 Å². The van der Waals surface area contributed by atoms with E-state index in [2.05, 4.69) is 4.98 Å². The van der Waals surface area contributed by atoms with Crippen molar-refractivity contribution in [1.29, 1.82) is 0 Å². The molecule has 0 aliphatic heterocycles. The van der Waals surface area contributed by atoms with Gasteiger partial charge in [0, 0.05) is 17.9 Å². The summed E-state index contributed by atoms with van der Waals surface area (Å²) in [5.41, 5.74) is 3.66. The van der Waals surface area contributed by atoms with Crippen LogP contribution in [0, 0.1) is 12.8 Å². The first kappa shape index (κ1) is 21.6. The Morgan fingerprint density at radius 2 is 2.00 bits per heavy atom. The van der Waals surface area contributed by atoms with E-state index < -0.39 is 23.8 Å². The van der Waals surface area contributed by atoms with Gasteiger partial charge >= 0.3 is 11.9 Å². The number of carboxylic acid groups (broad SMARTS) is 1. The highest BCUT2D eigenvalue weighted by Crippen LogP contribution is 2.40. The summed E-state index contributed by atoms with van der Waals surface area (Å²) in [4.78, 5) is 28.2. The summed E-state index contributed by atoms with van der Waals surface area (Å²) < 4.78 is 16.4. The topological polar surface area (TPSA) is 98.9 Å². The fourth-order valence-electron chi connectivity index (χ4n) is 4.26. The number of aryl methyl sites for hydroxylation is 2. The molecule has 0 saturated heterocycles. The summed E-state index contributed by atoms with van der Waals surface area (Å²) in [7, 11) is 1.21. The third-order valence-corrected chi connectivity index (χ3v) is 5.88. The summed E-state index contributed by atoms with van der Waals surface area (Å²) >= 11 is 0. The van der Waals surface area contributed by atoms with Crippen LogP contribution in [0.25, 0.3) is 11.5 Å². The number of rotatable bonds is 8. The predicted octanol–water partition coefficient (Wildman–Crippen LogP) is 4.18. The van der Waals surface area contributed by atoms with Crippen LogP contribution in [0.1, 0.15) is 34.9 Å². The van der Waals surface area contributed by atoms with Gasteiger partial charge < -0.3 is 19.0 Å². The Balaban J connectivity index is 1.41. The molecule has 0 radical (unpaired) electrons. The van der Waals surface area contributed by atoms with Gasteiger partial charge in [0.1, 0.15) is 11.5 Å². The van der Waals surface area contributed by atoms with Crippen LogP contribution in [0.3, 0.4) is 0 Å². The maximum Gasteiger partial charge on any atom is 0.320 e. The summed E-state index contributed by atoms with van der Waals surface area (Å²) in [5.74, 6) is -1.38. The number of methoxy groups -OCH3 is 1. The average molecular weight is 435 g/mol. The summed E-state index contributed by atoms with van der Waals surface area (Å²) in [6, 6.07) is 15.4. The Morgan fingerprint density at radius 1 is 1.22 bits per heavy atom. The van der Waals surface area contributed by atoms with E-state index in [1.54, 1.807) is 0 Å². The van der Waals surface area contributed by atoms with Gasteiger partial charge in [-0.3, -0.25) is 9.59 Å². The number of carbonyl (C=O) groups is 2. The normalized spacial score (nSPS) is 15.8. The fraction of sp³-hybridized carbons (Fsp3) is 0.320. The summed E-state index contributed by atoms with van der Waals surface area (Å²) in [6.07, 6.45) is 1.89. The molecular weight excluding hydrogens is 410 g/mol. The van der Waals surface area contributed by atoms with E-state index in [1.807, 2.05) is 55.5 Å². The lowest BCUT2D eigenvalue weighted by Crippen LogP contribution is -2.30. The number of nitrogens with zero attached hydrogens (tertiary/aromatic N) is 1. The molecule has 2 aromatic carbocycles. The van der Waals surface area contributed by atoms with Gasteiger partial charge in [-0.05, 0) is 55.2 Å². The van der Waals surface area contributed by atoms with Crippen molar-refractivity contribution in [3.8, 4) is 17.2 Å². The molecule has 0 fully saturated rings. The molecule has 1 aliphatic rings. The van der Waals surface area contributed by atoms with Crippen LogP contribution in [0.5, 0.6) is 5.75 Å². The molecular formula is C25H25NO6. The number of fused-ring (bicyclic) bond motifs is 1. The van der Waals surface area contributed by atoms with E-state index in [0.717, 1.165) is 28.1 Å². The molecule has 3 aromatic rings. The van der Waals surface area contributed by atoms with E-state index >= 15 is 0 Å². The standard InChI is InChI=1S/C25H25NO6/c1-15-21(26-23(32-15)16-6-4-3-5-7-16)12-13-31-18-9-11-19-17(14-18)8-10-20(19)22(24(27)28)25(29)30-2/h3-7,9,11,14,20,22H,8,10,12-13H2,1-2H3,(H,27,28). The Kier molecular flexibility index (Phi) is 6.25. The number of aliphatic carboxylic acids is 1. The average Bonchev–Trinajstić information content (AvgIpc) is 3.37. The highest BCUT2D eigenvalue weighted by atomic mass is 16.5. The van der Waals surface area contributed by atoms with Crippen molar-refractivity contribution in [1.82, 2.24) is 4.98 Å². The number of ether oxygens (including phenoxy) is 2. The largest absolute Gasteiger partial charge is 0.493 e. The molecule has 1 aliphatic carbocycles. The van der Waals surface area contributed by atoms with Crippen molar-refractivity contribution in [3.63, 3.8) is 0 Å². The summed E-state index contributed by atoms with van der Waals surface area (Å²) in [5, 5.41) is 9.50. The van der Waals surface area contributed by atoms with Crippen LogP contribution in [0.4, 0.5) is 0 Å². The first-order chi connectivity index (χ1) is 15.5. The van der Waals surface area contributed by atoms with E-state index in [-0.39, 0.29) is 0 Å². The van der Waals surface area contributed by atoms with Crippen LogP contribution in [0.2, 0.25) is 0 Å². The molecule has 1 heterocycles. The Bertz CT molecular complexity index is 1120. The van der Waals surface area contributed by atoms with Crippen molar-refractivity contribution in [2.45, 2.75) is 32.1 Å². The molecule has 2 atom stereocenters. The lowest BCUT2D eigenvalue weighted by Gasteiger charge is -2.18. The van der Waals surface area contributed by atoms with Crippen molar-refractivity contribution < 1.29 is 28.6 Å². The second-order valence-electron chi connectivity index (χ2n) is 7.83. The van der Waals surface area contributed by atoms with E-state index in [4.69, 9.17) is 13.9 Å². The monoisotopic (exact) mass is 435 g/mol. The molecule has 7 heteroatoms. The highest BCUT2D eigenvalue weighted by Gasteiger charge is 2.40. The van der Waals surface area contributed by atoms with Gasteiger partial charge in [-0.15, -0.1) is 0 Å². The van der Waals surface area contributed by atoms with E-state index in [1.165, 1.54) is 7.11 Å². The van der Waals surface area contributed by atoms with Crippen LogP contribution < -0.4 is 4.74 Å². The lowest BCUT2D eigenvalue weighted by molar-refractivity contribution is -0.157. The maximum absolute atomic E-state index is 12.0. The number of hydrogen-bond acceptors (Lipinski definition) is 6. The number of esters is 1. The molecule has 0 spiro atoms. The Labute approximate surface area is 186 Å². The molecule has 1 aromatic heterocycles. The third-order valence-electron chi connectivity index (χ3n) is 5.88. The Hall–Kier alpha value is -3.61. The van der Waals surface area contributed by atoms with Gasteiger partial charge in [-0.2, -0.15) is 0 Å². The summed E-state index contributed by atoms with van der Waals surface area (Å²) in [6.45, 7) is 2.33. The minimum absolute atomic E-state index is 0.391. The van der Waals surface area contributed by atoms with Gasteiger partial charge in [0.15, 0.2) is 5.92 Å². The minimum Gasteiger partial charge on any atom is -0.493 e. The number of carboxylic acids is 1. The molecule has 166 valence electrons. The second-order valence-corrected chi connectivity index (χ2v) is 7.83. The first-order valence-electron chi connectivity index (χ1n) is 10.6. The maximum atomic E-state index is 12.0. The zero-order valence-electron chi connectivity index (χ0n) is 18.0. The fourth-order valence-corrected chi connectivity index (χ4v) is 4.26. The van der Waals surface area contributed by atoms with Crippen LogP contribution in [0.15, 0.2) is 52.9 Å². The smallest absolute Gasteiger partial charge is 0.320 e. The van der Waals surface area contributed by atoms with Gasteiger partial charge in [0.2, 0.25) is 5.89 Å². The van der Waals surface area contributed by atoms with Crippen LogP contribution >= 0.6 is 0 Å². The van der Waals surface area contributed by atoms with Crippen molar-refractivity contribution in [2.75, 3.05) is 13.7 Å². The molecule has 4 rings (SSSR count). The van der Waals surface area contributed by atoms with Gasteiger partial charge in [-0.1, -0.05) is 24.3 Å². The van der Waals surface area contributed by atoms with Crippen LogP contribution in [-0.2, 0) is 27.2 Å². The number of hydrogen-bond donors (Lipinski definition) is 1. The zero-order chi connectivity index (χ0) is 22.7. The van der Waals surface area contributed by atoms with Crippen LogP contribution in [-0.4, -0.2) is 35.7 Å². The minimum atomic E-state index is -1.19. The van der Waals surface area contributed by atoms with Gasteiger partial charge in [0.05, 0.1) is 19.4 Å². The molecule has 0 bridgehead atoms. The molecule has 0 saturated carbocycles. The molecule has 1 N–H and O–H groups in total. The molecule has 32 heavy (non-hydrogen) atoms. The third kappa shape index (κ3) is 4.37. The van der Waals surface area contributed by atoms with Gasteiger partial charge in [0.25, 0.3) is 0 Å². The zero-order valence-corrected chi connectivity index (χ0v) is 18.0. The lowest BCUT2D eigenvalue weighted by atomic mass is 9.87. The predicted molar refractivity (Wildman–Crippen MR) is 117 cm³/mol. The van der Waals surface area contributed by atoms with Crippen molar-refractivity contribution in [3.05, 3.63) is 71.1 Å². The van der Waals surface area contributed by atoms with E-state index in [0.29, 0.717) is 37.5 Å². The molecule has 7 nitrogen and oxygen atoms in total. The second kappa shape index (κ2) is 9.26. The molecule has 2 unspecified atom stereocenters. The Morgan fingerprint density at radius 3 is 2.72 bits per heavy atom. The quantitative estimate of drug-likeness (QED) is 0.419.